The van der Waals surface area contributed by atoms with E-state index in [1.165, 1.54) is 0 Å². The van der Waals surface area contributed by atoms with Crippen molar-refractivity contribution in [3.05, 3.63) is 46.9 Å². The predicted octanol–water partition coefficient (Wildman–Crippen LogP) is 2.37. The Kier molecular flexibility index (Phi) is 4.26. The fourth-order valence-electron chi connectivity index (χ4n) is 2.53. The van der Waals surface area contributed by atoms with E-state index >= 15 is 0 Å². The van der Waals surface area contributed by atoms with Crippen LogP contribution in [0.25, 0.3) is 16.8 Å². The van der Waals surface area contributed by atoms with Crippen LogP contribution in [0.5, 0.6) is 5.75 Å². The number of hydrogen-bond acceptors (Lipinski definition) is 5. The number of carbonyl (C=O) groups is 3. The largest absolute Gasteiger partial charge is 0.496 e. The number of carbonyl (C=O) groups excluding carboxylic acids is 3. The van der Waals surface area contributed by atoms with Crippen LogP contribution in [0.3, 0.4) is 0 Å². The summed E-state index contributed by atoms with van der Waals surface area (Å²) in [5.74, 6) is -0.512. The van der Waals surface area contributed by atoms with Crippen molar-refractivity contribution in [2.24, 2.45) is 5.73 Å². The van der Waals surface area contributed by atoms with Crippen molar-refractivity contribution in [2.45, 2.75) is 0 Å². The summed E-state index contributed by atoms with van der Waals surface area (Å²) in [6, 6.07) is 11.3. The van der Waals surface area contributed by atoms with Crippen LogP contribution < -0.4 is 10.5 Å². The summed E-state index contributed by atoms with van der Waals surface area (Å²) in [4.78, 5) is 36.3. The Balaban J connectivity index is 2.04. The second-order valence-electron chi connectivity index (χ2n) is 5.14. The van der Waals surface area contributed by atoms with Crippen molar-refractivity contribution in [3.63, 3.8) is 0 Å². The van der Waals surface area contributed by atoms with Crippen molar-refractivity contribution in [2.75, 3.05) is 13.7 Å². The Labute approximate surface area is 142 Å². The number of methoxy groups -OCH3 is 1. The summed E-state index contributed by atoms with van der Waals surface area (Å²) in [7, 11) is 1.59. The first-order valence-electron chi connectivity index (χ1n) is 7.10. The van der Waals surface area contributed by atoms with E-state index in [9.17, 15) is 14.4 Å². The molecule has 0 aliphatic carbocycles. The van der Waals surface area contributed by atoms with Crippen molar-refractivity contribution < 1.29 is 19.1 Å². The van der Waals surface area contributed by atoms with Crippen LogP contribution in [0.15, 0.2) is 41.3 Å². The first-order valence-corrected chi connectivity index (χ1v) is 7.92. The molecule has 3 amide bonds. The fraction of sp³-hybridized carbons (Fsp3) is 0.118. The first-order chi connectivity index (χ1) is 11.5. The summed E-state index contributed by atoms with van der Waals surface area (Å²) in [5, 5.41) is 1.31. The normalized spacial score (nSPS) is 16.2. The van der Waals surface area contributed by atoms with Gasteiger partial charge in [0.15, 0.2) is 0 Å². The highest BCUT2D eigenvalue weighted by Crippen LogP contribution is 2.35. The number of hydrogen-bond donors (Lipinski definition) is 1. The van der Waals surface area contributed by atoms with E-state index < -0.39 is 23.6 Å². The lowest BCUT2D eigenvalue weighted by molar-refractivity contribution is -0.127. The van der Waals surface area contributed by atoms with E-state index in [4.69, 9.17) is 10.5 Å². The minimum absolute atomic E-state index is 0.261. The second-order valence-corrected chi connectivity index (χ2v) is 6.13. The van der Waals surface area contributed by atoms with Gasteiger partial charge in [0.25, 0.3) is 11.1 Å². The number of amides is 3. The zero-order valence-electron chi connectivity index (χ0n) is 12.8. The van der Waals surface area contributed by atoms with E-state index in [0.717, 1.165) is 38.7 Å². The molecule has 0 unspecified atom stereocenters. The van der Waals surface area contributed by atoms with Gasteiger partial charge >= 0.3 is 0 Å². The number of fused-ring (bicyclic) bond motifs is 1. The Morgan fingerprint density at radius 1 is 1.21 bits per heavy atom. The third-order valence-corrected chi connectivity index (χ3v) is 4.52. The van der Waals surface area contributed by atoms with Gasteiger partial charge in [-0.3, -0.25) is 19.3 Å². The van der Waals surface area contributed by atoms with Crippen molar-refractivity contribution >= 4 is 45.7 Å². The average molecular weight is 342 g/mol. The number of ether oxygens (including phenoxy) is 1. The SMILES string of the molecule is COc1ccc(/C=C2\SC(=O)N(CC(N)=O)C2=O)c2ccccc12. The maximum absolute atomic E-state index is 12.3. The summed E-state index contributed by atoms with van der Waals surface area (Å²) >= 11 is 0.797. The van der Waals surface area contributed by atoms with E-state index in [1.807, 2.05) is 36.4 Å². The van der Waals surface area contributed by atoms with Crippen LogP contribution >= 0.6 is 11.8 Å². The molecule has 3 rings (SSSR count). The van der Waals surface area contributed by atoms with Gasteiger partial charge in [-0.05, 0) is 34.9 Å². The Hall–Kier alpha value is -2.80. The van der Waals surface area contributed by atoms with Gasteiger partial charge in [0.05, 0.1) is 12.0 Å². The van der Waals surface area contributed by atoms with Crippen molar-refractivity contribution in [1.29, 1.82) is 0 Å². The highest BCUT2D eigenvalue weighted by atomic mass is 32.2. The molecular weight excluding hydrogens is 328 g/mol. The van der Waals surface area contributed by atoms with Gasteiger partial charge in [0, 0.05) is 5.39 Å². The zero-order chi connectivity index (χ0) is 17.3. The van der Waals surface area contributed by atoms with E-state index in [2.05, 4.69) is 0 Å². The van der Waals surface area contributed by atoms with Crippen LogP contribution in [0.4, 0.5) is 4.79 Å². The van der Waals surface area contributed by atoms with Gasteiger partial charge in [-0.1, -0.05) is 30.3 Å². The van der Waals surface area contributed by atoms with Gasteiger partial charge < -0.3 is 10.5 Å². The summed E-state index contributed by atoms with van der Waals surface area (Å²) in [6.45, 7) is -0.411. The number of rotatable bonds is 4. The molecule has 0 spiro atoms. The molecule has 0 saturated carbocycles. The van der Waals surface area contributed by atoms with Crippen LogP contribution in [0.1, 0.15) is 5.56 Å². The minimum atomic E-state index is -0.728. The van der Waals surface area contributed by atoms with Gasteiger partial charge in [0.1, 0.15) is 12.3 Å². The van der Waals surface area contributed by atoms with Crippen LogP contribution in [-0.4, -0.2) is 35.6 Å². The first kappa shape index (κ1) is 16.1. The topological polar surface area (TPSA) is 89.7 Å². The Bertz CT molecular complexity index is 891. The number of primary amides is 1. The molecule has 1 fully saturated rings. The predicted molar refractivity (Wildman–Crippen MR) is 92.4 cm³/mol. The van der Waals surface area contributed by atoms with Gasteiger partial charge in [-0.25, -0.2) is 0 Å². The molecule has 1 aliphatic rings. The molecule has 1 aliphatic heterocycles. The quantitative estimate of drug-likeness (QED) is 0.862. The number of benzene rings is 2. The maximum Gasteiger partial charge on any atom is 0.294 e. The highest BCUT2D eigenvalue weighted by molar-refractivity contribution is 8.18. The summed E-state index contributed by atoms with van der Waals surface area (Å²) in [5.41, 5.74) is 5.86. The standard InChI is InChI=1S/C17H14N2O4S/c1-23-13-7-6-10(11-4-2-3-5-12(11)13)8-14-16(21)19(9-15(18)20)17(22)24-14/h2-8H,9H2,1H3,(H2,18,20)/b14-8-. The van der Waals surface area contributed by atoms with E-state index in [0.29, 0.717) is 0 Å². The smallest absolute Gasteiger partial charge is 0.294 e. The molecule has 0 aromatic heterocycles. The van der Waals surface area contributed by atoms with E-state index in [1.54, 1.807) is 13.2 Å². The van der Waals surface area contributed by atoms with Gasteiger partial charge in [0.2, 0.25) is 5.91 Å². The number of imide groups is 1. The highest BCUT2D eigenvalue weighted by Gasteiger charge is 2.35. The molecule has 0 atom stereocenters. The van der Waals surface area contributed by atoms with Crippen molar-refractivity contribution in [1.82, 2.24) is 4.90 Å². The van der Waals surface area contributed by atoms with Crippen molar-refractivity contribution in [3.8, 4) is 5.75 Å². The van der Waals surface area contributed by atoms with Crippen LogP contribution in [0.2, 0.25) is 0 Å². The van der Waals surface area contributed by atoms with Crippen LogP contribution in [0, 0.1) is 0 Å². The monoisotopic (exact) mass is 342 g/mol. The fourth-order valence-corrected chi connectivity index (χ4v) is 3.36. The Morgan fingerprint density at radius 3 is 2.58 bits per heavy atom. The second kappa shape index (κ2) is 6.37. The lowest BCUT2D eigenvalue weighted by Crippen LogP contribution is -2.36. The molecule has 1 heterocycles. The van der Waals surface area contributed by atoms with E-state index in [-0.39, 0.29) is 4.91 Å². The molecular formula is C17H14N2O4S. The lowest BCUT2D eigenvalue weighted by Gasteiger charge is -2.09. The molecule has 1 saturated heterocycles. The Morgan fingerprint density at radius 2 is 1.92 bits per heavy atom. The average Bonchev–Trinajstić information content (AvgIpc) is 2.82. The number of nitrogens with zero attached hydrogens (tertiary/aromatic N) is 1. The van der Waals surface area contributed by atoms with Crippen LogP contribution in [-0.2, 0) is 9.59 Å². The zero-order valence-corrected chi connectivity index (χ0v) is 13.6. The molecule has 2 N–H and O–H groups in total. The molecule has 0 radical (unpaired) electrons. The minimum Gasteiger partial charge on any atom is -0.496 e. The summed E-state index contributed by atoms with van der Waals surface area (Å²) < 4.78 is 5.34. The molecule has 2 aromatic rings. The molecule has 6 nitrogen and oxygen atoms in total. The molecule has 24 heavy (non-hydrogen) atoms. The maximum atomic E-state index is 12.3. The third-order valence-electron chi connectivity index (χ3n) is 3.61. The van der Waals surface area contributed by atoms with Gasteiger partial charge in [-0.15, -0.1) is 0 Å². The molecule has 0 bridgehead atoms. The summed E-state index contributed by atoms with van der Waals surface area (Å²) in [6.07, 6.45) is 1.65. The number of nitrogens with two attached hydrogens (primary N) is 1. The van der Waals surface area contributed by atoms with Gasteiger partial charge in [-0.2, -0.15) is 0 Å². The molecule has 122 valence electrons. The number of thioether (sulfide) groups is 1. The third kappa shape index (κ3) is 2.85. The molecule has 2 aromatic carbocycles. The lowest BCUT2D eigenvalue weighted by atomic mass is 10.0. The molecule has 7 heteroatoms.